The van der Waals surface area contributed by atoms with Crippen LogP contribution in [0.5, 0.6) is 0 Å². The minimum Gasteiger partial charge on any atom is -0.358 e. The number of rotatable bonds is 3. The van der Waals surface area contributed by atoms with Crippen LogP contribution in [0.2, 0.25) is 0 Å². The first-order valence-corrected chi connectivity index (χ1v) is 8.61. The van der Waals surface area contributed by atoms with Crippen molar-refractivity contribution in [3.05, 3.63) is 74.8 Å². The maximum absolute atomic E-state index is 4.97. The quantitative estimate of drug-likeness (QED) is 0.300. The molecule has 0 bridgehead atoms. The topological polar surface area (TPSA) is 25.2 Å². The van der Waals surface area contributed by atoms with Gasteiger partial charge in [0.1, 0.15) is 0 Å². The van der Waals surface area contributed by atoms with E-state index in [1.807, 2.05) is 18.2 Å². The van der Waals surface area contributed by atoms with Gasteiger partial charge in [0.05, 0.1) is 5.69 Å². The summed E-state index contributed by atoms with van der Waals surface area (Å²) < 4.78 is 0. The fourth-order valence-corrected chi connectivity index (χ4v) is 3.31. The molecule has 1 aliphatic rings. The Hall–Kier alpha value is -1.30. The zero-order valence-electron chi connectivity index (χ0n) is 16.7. The molecule has 0 saturated heterocycles. The average molecular weight is 443 g/mol. The van der Waals surface area contributed by atoms with Crippen LogP contribution in [-0.4, -0.2) is 11.2 Å². The zero-order valence-corrected chi connectivity index (χ0v) is 18.2. The van der Waals surface area contributed by atoms with Gasteiger partial charge in [0.2, 0.25) is 0 Å². The SMILES string of the molecule is CC(C)(C)c1cccc(C2CCCC2C=Nc2ccccc2)n1.[CH3-].[CH3-].[Pd+2]. The molecule has 0 amide bonds. The van der Waals surface area contributed by atoms with Crippen LogP contribution in [0.1, 0.15) is 57.3 Å². The number of hydrogen-bond acceptors (Lipinski definition) is 2. The molecule has 0 radical (unpaired) electrons. The van der Waals surface area contributed by atoms with E-state index in [4.69, 9.17) is 4.98 Å². The summed E-state index contributed by atoms with van der Waals surface area (Å²) in [6.45, 7) is 6.67. The third-order valence-corrected chi connectivity index (χ3v) is 4.66. The van der Waals surface area contributed by atoms with E-state index >= 15 is 0 Å². The Morgan fingerprint density at radius 2 is 1.65 bits per heavy atom. The van der Waals surface area contributed by atoms with E-state index in [2.05, 4.69) is 62.3 Å². The van der Waals surface area contributed by atoms with Gasteiger partial charge in [-0.05, 0) is 37.1 Å². The van der Waals surface area contributed by atoms with Crippen LogP contribution >= 0.6 is 0 Å². The predicted octanol–water partition coefficient (Wildman–Crippen LogP) is 6.56. The van der Waals surface area contributed by atoms with Crippen molar-refractivity contribution in [3.8, 4) is 0 Å². The van der Waals surface area contributed by atoms with Crippen LogP contribution in [0.25, 0.3) is 0 Å². The van der Waals surface area contributed by atoms with Crippen molar-refractivity contribution in [1.29, 1.82) is 0 Å². The monoisotopic (exact) mass is 442 g/mol. The summed E-state index contributed by atoms with van der Waals surface area (Å²) in [6.07, 6.45) is 5.84. The molecule has 1 aliphatic carbocycles. The Bertz CT molecular complexity index is 674. The number of nitrogens with zero attached hydrogens (tertiary/aromatic N) is 2. The molecule has 2 aromatic rings. The molecule has 2 unspecified atom stereocenters. The number of aliphatic imine (C=N–C) groups is 1. The van der Waals surface area contributed by atoms with Gasteiger partial charge in [-0.25, -0.2) is 0 Å². The van der Waals surface area contributed by atoms with Crippen molar-refractivity contribution in [2.75, 3.05) is 0 Å². The molecule has 2 atom stereocenters. The molecule has 1 saturated carbocycles. The first kappa shape index (κ1) is 24.7. The Labute approximate surface area is 174 Å². The third-order valence-electron chi connectivity index (χ3n) is 4.66. The standard InChI is InChI=1S/C21H26N2.2CH3.Pd/c1-21(2,3)20-14-8-13-19(23-20)18-12-7-9-16(18)15-22-17-10-5-4-6-11-17;;;/h4-6,8,10-11,13-16,18H,7,9,12H2,1-3H3;2*1H3;/q;2*-1;+2. The Morgan fingerprint density at radius 1 is 0.962 bits per heavy atom. The number of benzene rings is 1. The van der Waals surface area contributed by atoms with E-state index in [0.717, 1.165) is 5.69 Å². The van der Waals surface area contributed by atoms with Crippen molar-refractivity contribution in [1.82, 2.24) is 4.98 Å². The number of para-hydroxylation sites is 1. The molecule has 1 aromatic carbocycles. The van der Waals surface area contributed by atoms with E-state index < -0.39 is 0 Å². The van der Waals surface area contributed by atoms with Gasteiger partial charge >= 0.3 is 20.4 Å². The average Bonchev–Trinajstić information content (AvgIpc) is 3.02. The first-order chi connectivity index (χ1) is 11.0. The Kier molecular flexibility index (Phi) is 10.2. The molecule has 2 nitrogen and oxygen atoms in total. The van der Waals surface area contributed by atoms with Gasteiger partial charge in [-0.3, -0.25) is 9.98 Å². The molecule has 1 fully saturated rings. The van der Waals surface area contributed by atoms with E-state index in [9.17, 15) is 0 Å². The summed E-state index contributed by atoms with van der Waals surface area (Å²) >= 11 is 0. The van der Waals surface area contributed by atoms with Crippen molar-refractivity contribution in [3.63, 3.8) is 0 Å². The minimum absolute atomic E-state index is 0. The van der Waals surface area contributed by atoms with Crippen LogP contribution in [0.4, 0.5) is 5.69 Å². The van der Waals surface area contributed by atoms with E-state index in [1.165, 1.54) is 30.7 Å². The molecule has 26 heavy (non-hydrogen) atoms. The Morgan fingerprint density at radius 3 is 2.31 bits per heavy atom. The van der Waals surface area contributed by atoms with Gasteiger partial charge in [0.25, 0.3) is 0 Å². The van der Waals surface area contributed by atoms with Crippen LogP contribution in [0.3, 0.4) is 0 Å². The van der Waals surface area contributed by atoms with E-state index in [-0.39, 0.29) is 40.7 Å². The van der Waals surface area contributed by atoms with Gasteiger partial charge in [-0.15, -0.1) is 0 Å². The molecular weight excluding hydrogens is 411 g/mol. The largest absolute Gasteiger partial charge is 2.00 e. The summed E-state index contributed by atoms with van der Waals surface area (Å²) in [5.74, 6) is 1.00. The van der Waals surface area contributed by atoms with Crippen LogP contribution < -0.4 is 0 Å². The maximum atomic E-state index is 4.97. The summed E-state index contributed by atoms with van der Waals surface area (Å²) in [6, 6.07) is 16.7. The molecule has 0 aliphatic heterocycles. The van der Waals surface area contributed by atoms with Gasteiger partial charge in [0.15, 0.2) is 0 Å². The van der Waals surface area contributed by atoms with Gasteiger partial charge in [0, 0.05) is 34.9 Å². The second-order valence-electron chi connectivity index (χ2n) is 7.51. The molecule has 0 spiro atoms. The molecule has 1 aromatic heterocycles. The molecule has 3 heteroatoms. The molecular formula is C23H32N2Pd. The normalized spacial score (nSPS) is 19.3. The second-order valence-corrected chi connectivity index (χ2v) is 7.51. The molecule has 1 heterocycles. The first-order valence-electron chi connectivity index (χ1n) is 8.61. The molecule has 3 rings (SSSR count). The summed E-state index contributed by atoms with van der Waals surface area (Å²) in [5, 5.41) is 0. The van der Waals surface area contributed by atoms with Crippen molar-refractivity contribution >= 4 is 11.9 Å². The fourth-order valence-electron chi connectivity index (χ4n) is 3.31. The number of aromatic nitrogens is 1. The van der Waals surface area contributed by atoms with E-state index in [1.54, 1.807) is 0 Å². The smallest absolute Gasteiger partial charge is 0.358 e. The fraction of sp³-hybridized carbons (Fsp3) is 0.391. The van der Waals surface area contributed by atoms with Gasteiger partial charge in [-0.2, -0.15) is 0 Å². The zero-order chi connectivity index (χ0) is 16.3. The summed E-state index contributed by atoms with van der Waals surface area (Å²) in [7, 11) is 0. The molecule has 144 valence electrons. The number of hydrogen-bond donors (Lipinski definition) is 0. The van der Waals surface area contributed by atoms with Crippen molar-refractivity contribution in [2.24, 2.45) is 10.9 Å². The van der Waals surface area contributed by atoms with Crippen LogP contribution in [0, 0.1) is 20.8 Å². The Balaban J connectivity index is 0.00000208. The summed E-state index contributed by atoms with van der Waals surface area (Å²) in [5.41, 5.74) is 3.55. The predicted molar refractivity (Wildman–Crippen MR) is 110 cm³/mol. The van der Waals surface area contributed by atoms with Gasteiger partial charge in [-0.1, -0.05) is 51.5 Å². The minimum atomic E-state index is 0. The van der Waals surface area contributed by atoms with Crippen LogP contribution in [-0.2, 0) is 25.8 Å². The van der Waals surface area contributed by atoms with Crippen molar-refractivity contribution < 1.29 is 20.4 Å². The summed E-state index contributed by atoms with van der Waals surface area (Å²) in [4.78, 5) is 9.65. The second kappa shape index (κ2) is 10.8. The third kappa shape index (κ3) is 6.15. The van der Waals surface area contributed by atoms with Crippen molar-refractivity contribution in [2.45, 2.75) is 51.4 Å². The van der Waals surface area contributed by atoms with E-state index in [0.29, 0.717) is 11.8 Å². The maximum Gasteiger partial charge on any atom is 2.00 e. The molecule has 0 N–H and O–H groups in total. The van der Waals surface area contributed by atoms with Crippen LogP contribution in [0.15, 0.2) is 53.5 Å². The van der Waals surface area contributed by atoms with Gasteiger partial charge < -0.3 is 14.9 Å². The number of pyridine rings is 1.